The van der Waals surface area contributed by atoms with E-state index in [1.165, 1.54) is 12.1 Å². The summed E-state index contributed by atoms with van der Waals surface area (Å²) in [6, 6.07) is 5.88. The maximum atomic E-state index is 12.8. The molecule has 0 fully saturated rings. The molecule has 0 bridgehead atoms. The maximum absolute atomic E-state index is 12.8. The lowest BCUT2D eigenvalue weighted by molar-refractivity contribution is 0.0699. The second kappa shape index (κ2) is 3.06. The molecule has 0 saturated heterocycles. The van der Waals surface area contributed by atoms with Crippen molar-refractivity contribution in [2.45, 2.75) is 0 Å². The fourth-order valence-corrected chi connectivity index (χ4v) is 1.31. The van der Waals surface area contributed by atoms with Crippen molar-refractivity contribution in [1.29, 1.82) is 0 Å². The summed E-state index contributed by atoms with van der Waals surface area (Å²) in [6.45, 7) is 0. The van der Waals surface area contributed by atoms with Crippen LogP contribution in [0.4, 0.5) is 4.39 Å². The minimum atomic E-state index is -1.06. The SMILES string of the molecule is O=C(O)c1cccc2cc(F)cnc12. The van der Waals surface area contributed by atoms with Crippen LogP contribution in [0.2, 0.25) is 0 Å². The van der Waals surface area contributed by atoms with Gasteiger partial charge in [0.15, 0.2) is 0 Å². The molecule has 70 valence electrons. The highest BCUT2D eigenvalue weighted by atomic mass is 19.1. The van der Waals surface area contributed by atoms with Gasteiger partial charge >= 0.3 is 5.97 Å². The molecule has 2 aromatic rings. The first-order chi connectivity index (χ1) is 6.68. The van der Waals surface area contributed by atoms with E-state index >= 15 is 0 Å². The quantitative estimate of drug-likeness (QED) is 0.750. The molecule has 0 atom stereocenters. The van der Waals surface area contributed by atoms with Crippen LogP contribution in [-0.4, -0.2) is 16.1 Å². The number of hydrogen-bond acceptors (Lipinski definition) is 2. The zero-order valence-corrected chi connectivity index (χ0v) is 7.07. The van der Waals surface area contributed by atoms with Crippen molar-refractivity contribution < 1.29 is 14.3 Å². The van der Waals surface area contributed by atoms with E-state index < -0.39 is 11.8 Å². The molecular weight excluding hydrogens is 185 g/mol. The highest BCUT2D eigenvalue weighted by Crippen LogP contribution is 2.16. The number of carboxylic acids is 1. The summed E-state index contributed by atoms with van der Waals surface area (Å²) in [5.41, 5.74) is 0.393. The predicted molar refractivity (Wildman–Crippen MR) is 48.7 cm³/mol. The van der Waals surface area contributed by atoms with Gasteiger partial charge in [0, 0.05) is 5.39 Å². The van der Waals surface area contributed by atoms with Crippen molar-refractivity contribution in [2.75, 3.05) is 0 Å². The van der Waals surface area contributed by atoms with E-state index in [-0.39, 0.29) is 5.56 Å². The van der Waals surface area contributed by atoms with Gasteiger partial charge in [-0.15, -0.1) is 0 Å². The third-order valence-corrected chi connectivity index (χ3v) is 1.91. The standard InChI is InChI=1S/C10H6FNO2/c11-7-4-6-2-1-3-8(10(13)14)9(6)12-5-7/h1-5H,(H,13,14). The summed E-state index contributed by atoms with van der Waals surface area (Å²) in [7, 11) is 0. The minimum absolute atomic E-state index is 0.0856. The number of nitrogens with zero attached hydrogens (tertiary/aromatic N) is 1. The van der Waals surface area contributed by atoms with E-state index in [0.29, 0.717) is 10.9 Å². The number of para-hydroxylation sites is 1. The Morgan fingerprint density at radius 2 is 2.21 bits per heavy atom. The Morgan fingerprint density at radius 3 is 2.93 bits per heavy atom. The highest BCUT2D eigenvalue weighted by molar-refractivity contribution is 6.01. The van der Waals surface area contributed by atoms with Crippen LogP contribution in [-0.2, 0) is 0 Å². The largest absolute Gasteiger partial charge is 0.478 e. The number of fused-ring (bicyclic) bond motifs is 1. The topological polar surface area (TPSA) is 50.2 Å². The summed E-state index contributed by atoms with van der Waals surface area (Å²) in [5.74, 6) is -1.53. The Hall–Kier alpha value is -1.97. The summed E-state index contributed by atoms with van der Waals surface area (Å²) in [5, 5.41) is 9.31. The third kappa shape index (κ3) is 1.31. The molecular formula is C10H6FNO2. The molecule has 0 radical (unpaired) electrons. The molecule has 3 nitrogen and oxygen atoms in total. The summed E-state index contributed by atoms with van der Waals surface area (Å²) in [6.07, 6.45) is 1.01. The van der Waals surface area contributed by atoms with Crippen LogP contribution in [0.3, 0.4) is 0 Å². The van der Waals surface area contributed by atoms with Gasteiger partial charge in [0.1, 0.15) is 5.82 Å². The Labute approximate surface area is 78.8 Å². The van der Waals surface area contributed by atoms with Gasteiger partial charge in [-0.25, -0.2) is 9.18 Å². The molecule has 1 N–H and O–H groups in total. The Kier molecular flexibility index (Phi) is 1.89. The smallest absolute Gasteiger partial charge is 0.337 e. The zero-order valence-electron chi connectivity index (χ0n) is 7.07. The molecule has 0 aliphatic heterocycles. The molecule has 0 aliphatic rings. The minimum Gasteiger partial charge on any atom is -0.478 e. The van der Waals surface area contributed by atoms with Gasteiger partial charge in [-0.05, 0) is 12.1 Å². The van der Waals surface area contributed by atoms with Gasteiger partial charge in [-0.3, -0.25) is 4.98 Å². The first-order valence-corrected chi connectivity index (χ1v) is 3.96. The van der Waals surface area contributed by atoms with Gasteiger partial charge < -0.3 is 5.11 Å². The zero-order chi connectivity index (χ0) is 10.1. The van der Waals surface area contributed by atoms with Crippen molar-refractivity contribution in [3.05, 3.63) is 41.8 Å². The van der Waals surface area contributed by atoms with Crippen LogP contribution in [0, 0.1) is 5.82 Å². The number of benzene rings is 1. The lowest BCUT2D eigenvalue weighted by Gasteiger charge is -2.00. The van der Waals surface area contributed by atoms with Crippen molar-refractivity contribution in [3.8, 4) is 0 Å². The van der Waals surface area contributed by atoms with Gasteiger partial charge in [0.25, 0.3) is 0 Å². The first-order valence-electron chi connectivity index (χ1n) is 3.96. The monoisotopic (exact) mass is 191 g/mol. The van der Waals surface area contributed by atoms with Gasteiger partial charge in [0.2, 0.25) is 0 Å². The first kappa shape index (κ1) is 8.62. The number of halogens is 1. The summed E-state index contributed by atoms with van der Waals surface area (Å²) in [4.78, 5) is 14.5. The molecule has 4 heteroatoms. The number of pyridine rings is 1. The van der Waals surface area contributed by atoms with Crippen molar-refractivity contribution >= 4 is 16.9 Å². The van der Waals surface area contributed by atoms with E-state index in [1.54, 1.807) is 12.1 Å². The molecule has 14 heavy (non-hydrogen) atoms. The van der Waals surface area contributed by atoms with Gasteiger partial charge in [0.05, 0.1) is 17.3 Å². The summed E-state index contributed by atoms with van der Waals surface area (Å²) >= 11 is 0. The second-order valence-corrected chi connectivity index (χ2v) is 2.84. The van der Waals surface area contributed by atoms with Gasteiger partial charge in [-0.2, -0.15) is 0 Å². The number of carboxylic acid groups (broad SMARTS) is 1. The van der Waals surface area contributed by atoms with Crippen molar-refractivity contribution in [3.63, 3.8) is 0 Å². The highest BCUT2D eigenvalue weighted by Gasteiger charge is 2.08. The molecule has 0 aliphatic carbocycles. The molecule has 0 amide bonds. The lowest BCUT2D eigenvalue weighted by atomic mass is 10.1. The fourth-order valence-electron chi connectivity index (χ4n) is 1.31. The van der Waals surface area contributed by atoms with Crippen LogP contribution in [0.15, 0.2) is 30.5 Å². The van der Waals surface area contributed by atoms with E-state index in [1.807, 2.05) is 0 Å². The van der Waals surface area contributed by atoms with E-state index in [4.69, 9.17) is 5.11 Å². The molecule has 0 saturated carbocycles. The molecule has 1 aromatic heterocycles. The number of aromatic nitrogens is 1. The van der Waals surface area contributed by atoms with Crippen LogP contribution >= 0.6 is 0 Å². The van der Waals surface area contributed by atoms with Crippen LogP contribution in [0.5, 0.6) is 0 Å². The number of aromatic carboxylic acids is 1. The fraction of sp³-hybridized carbons (Fsp3) is 0. The molecule has 0 spiro atoms. The van der Waals surface area contributed by atoms with Gasteiger partial charge in [-0.1, -0.05) is 12.1 Å². The molecule has 0 unspecified atom stereocenters. The number of rotatable bonds is 1. The van der Waals surface area contributed by atoms with Crippen molar-refractivity contribution in [1.82, 2.24) is 4.98 Å². The van der Waals surface area contributed by atoms with Crippen LogP contribution in [0.25, 0.3) is 10.9 Å². The van der Waals surface area contributed by atoms with E-state index in [2.05, 4.69) is 4.98 Å². The number of carbonyl (C=O) groups is 1. The van der Waals surface area contributed by atoms with E-state index in [9.17, 15) is 9.18 Å². The van der Waals surface area contributed by atoms with Crippen molar-refractivity contribution in [2.24, 2.45) is 0 Å². The molecule has 1 heterocycles. The summed E-state index contributed by atoms with van der Waals surface area (Å²) < 4.78 is 12.8. The second-order valence-electron chi connectivity index (χ2n) is 2.84. The Morgan fingerprint density at radius 1 is 1.43 bits per heavy atom. The Bertz CT molecular complexity index is 510. The average Bonchev–Trinajstić information content (AvgIpc) is 2.16. The normalized spacial score (nSPS) is 10.4. The third-order valence-electron chi connectivity index (χ3n) is 1.91. The predicted octanol–water partition coefficient (Wildman–Crippen LogP) is 2.07. The Balaban J connectivity index is 2.81. The number of hydrogen-bond donors (Lipinski definition) is 1. The van der Waals surface area contributed by atoms with E-state index in [0.717, 1.165) is 6.20 Å². The maximum Gasteiger partial charge on any atom is 0.337 e. The van der Waals surface area contributed by atoms with Crippen LogP contribution in [0.1, 0.15) is 10.4 Å². The average molecular weight is 191 g/mol. The van der Waals surface area contributed by atoms with Crippen LogP contribution < -0.4 is 0 Å². The molecule has 1 aromatic carbocycles. The lowest BCUT2D eigenvalue weighted by Crippen LogP contribution is -1.98. The molecule has 2 rings (SSSR count).